The summed E-state index contributed by atoms with van der Waals surface area (Å²) in [5.41, 5.74) is 2.92. The first-order chi connectivity index (χ1) is 16.1. The quantitative estimate of drug-likeness (QED) is 0.424. The van der Waals surface area contributed by atoms with Gasteiger partial charge in [-0.3, -0.25) is 24.6 Å². The van der Waals surface area contributed by atoms with Crippen LogP contribution in [0.15, 0.2) is 41.4 Å². The number of thioether (sulfide) groups is 1. The first-order valence-corrected chi connectivity index (χ1v) is 11.7. The van der Waals surface area contributed by atoms with E-state index in [-0.39, 0.29) is 29.6 Å². The van der Waals surface area contributed by atoms with E-state index in [1.54, 1.807) is 4.90 Å². The van der Waals surface area contributed by atoms with Crippen molar-refractivity contribution in [3.8, 4) is 5.75 Å². The molecule has 0 aliphatic carbocycles. The standard InChI is InChI=1S/C24H28N4O5S/c1-14(2)13-27-23(30)21(34-24(27)25-17-9-15(3)8-16(4)10-17)12-22(29)26-19-11-18(28(31)32)6-7-20(19)33-5/h6-11,14,21H,12-13H2,1-5H3,(H,26,29). The summed E-state index contributed by atoms with van der Waals surface area (Å²) in [5.74, 6) is -0.108. The molecule has 0 aromatic heterocycles. The molecule has 180 valence electrons. The number of ether oxygens (including phenoxy) is 1. The molecule has 0 saturated carbocycles. The highest BCUT2D eigenvalue weighted by atomic mass is 32.2. The summed E-state index contributed by atoms with van der Waals surface area (Å²) in [4.78, 5) is 42.9. The summed E-state index contributed by atoms with van der Waals surface area (Å²) in [6.07, 6.45) is -0.101. The summed E-state index contributed by atoms with van der Waals surface area (Å²) in [6, 6.07) is 9.91. The van der Waals surface area contributed by atoms with Crippen molar-refractivity contribution in [1.82, 2.24) is 4.90 Å². The molecule has 1 atom stereocenters. The molecule has 1 fully saturated rings. The molecule has 1 aliphatic heterocycles. The van der Waals surface area contributed by atoms with Crippen LogP contribution in [0.1, 0.15) is 31.4 Å². The molecule has 2 aromatic rings. The van der Waals surface area contributed by atoms with Gasteiger partial charge in [-0.05, 0) is 49.1 Å². The predicted octanol–water partition coefficient (Wildman–Crippen LogP) is 4.84. The van der Waals surface area contributed by atoms with Crippen molar-refractivity contribution in [3.05, 3.63) is 57.6 Å². The van der Waals surface area contributed by atoms with Crippen LogP contribution in [0, 0.1) is 29.9 Å². The number of carbonyl (C=O) groups excluding carboxylic acids is 2. The number of amidine groups is 1. The zero-order valence-electron chi connectivity index (χ0n) is 19.8. The molecule has 34 heavy (non-hydrogen) atoms. The molecule has 1 unspecified atom stereocenters. The molecule has 1 heterocycles. The Morgan fingerprint density at radius 3 is 2.50 bits per heavy atom. The Kier molecular flexibility index (Phi) is 7.93. The van der Waals surface area contributed by atoms with Crippen LogP contribution in [-0.4, -0.2) is 45.7 Å². The highest BCUT2D eigenvalue weighted by Gasteiger charge is 2.39. The zero-order valence-corrected chi connectivity index (χ0v) is 20.6. The van der Waals surface area contributed by atoms with E-state index in [1.165, 1.54) is 37.1 Å². The van der Waals surface area contributed by atoms with Gasteiger partial charge >= 0.3 is 0 Å². The number of methoxy groups -OCH3 is 1. The number of amides is 2. The molecule has 0 spiro atoms. The Bertz CT molecular complexity index is 1130. The molecular weight excluding hydrogens is 456 g/mol. The number of hydrogen-bond acceptors (Lipinski definition) is 7. The van der Waals surface area contributed by atoms with Gasteiger partial charge in [0.2, 0.25) is 11.8 Å². The van der Waals surface area contributed by atoms with Gasteiger partial charge in [-0.15, -0.1) is 0 Å². The van der Waals surface area contributed by atoms with E-state index in [9.17, 15) is 19.7 Å². The summed E-state index contributed by atoms with van der Waals surface area (Å²) >= 11 is 1.26. The number of nitrogens with zero attached hydrogens (tertiary/aromatic N) is 3. The molecule has 10 heteroatoms. The first-order valence-electron chi connectivity index (χ1n) is 10.8. The van der Waals surface area contributed by atoms with Crippen molar-refractivity contribution in [3.63, 3.8) is 0 Å². The highest BCUT2D eigenvalue weighted by Crippen LogP contribution is 2.34. The number of non-ortho nitro benzene ring substituents is 1. The van der Waals surface area contributed by atoms with Crippen LogP contribution in [0.2, 0.25) is 0 Å². The number of benzene rings is 2. The summed E-state index contributed by atoms with van der Waals surface area (Å²) in [6.45, 7) is 8.50. The van der Waals surface area contributed by atoms with Crippen LogP contribution in [0.3, 0.4) is 0 Å². The SMILES string of the molecule is COc1ccc([N+](=O)[O-])cc1NC(=O)CC1SC(=Nc2cc(C)cc(C)c2)N(CC(C)C)C1=O. The first kappa shape index (κ1) is 25.2. The van der Waals surface area contributed by atoms with Gasteiger partial charge in [-0.2, -0.15) is 0 Å². The number of nitrogens with one attached hydrogen (secondary N) is 1. The average molecular weight is 485 g/mol. The van der Waals surface area contributed by atoms with E-state index < -0.39 is 16.1 Å². The van der Waals surface area contributed by atoms with E-state index >= 15 is 0 Å². The zero-order chi connectivity index (χ0) is 25.0. The maximum Gasteiger partial charge on any atom is 0.271 e. The number of nitro groups is 1. The smallest absolute Gasteiger partial charge is 0.271 e. The Balaban J connectivity index is 1.81. The molecule has 0 bridgehead atoms. The third-order valence-electron chi connectivity index (χ3n) is 5.04. The fourth-order valence-electron chi connectivity index (χ4n) is 3.66. The molecule has 2 amide bonds. The topological polar surface area (TPSA) is 114 Å². The number of nitro benzene ring substituents is 1. The highest BCUT2D eigenvalue weighted by molar-refractivity contribution is 8.15. The van der Waals surface area contributed by atoms with Crippen molar-refractivity contribution < 1.29 is 19.2 Å². The van der Waals surface area contributed by atoms with Gasteiger partial charge in [0.05, 0.1) is 23.4 Å². The van der Waals surface area contributed by atoms with Crippen LogP contribution in [0.4, 0.5) is 17.1 Å². The monoisotopic (exact) mass is 484 g/mol. The van der Waals surface area contributed by atoms with Crippen molar-refractivity contribution in [2.24, 2.45) is 10.9 Å². The minimum absolute atomic E-state index is 0.101. The lowest BCUT2D eigenvalue weighted by molar-refractivity contribution is -0.384. The third kappa shape index (κ3) is 6.13. The molecule has 3 rings (SSSR count). The largest absolute Gasteiger partial charge is 0.495 e. The molecule has 2 aromatic carbocycles. The second-order valence-corrected chi connectivity index (χ2v) is 9.75. The van der Waals surface area contributed by atoms with Crippen molar-refractivity contribution in [2.45, 2.75) is 39.4 Å². The summed E-state index contributed by atoms with van der Waals surface area (Å²) in [7, 11) is 1.41. The van der Waals surface area contributed by atoms with E-state index in [4.69, 9.17) is 9.73 Å². The van der Waals surface area contributed by atoms with Crippen molar-refractivity contribution in [2.75, 3.05) is 19.0 Å². The number of aryl methyl sites for hydroxylation is 2. The van der Waals surface area contributed by atoms with Crippen molar-refractivity contribution >= 4 is 45.8 Å². The van der Waals surface area contributed by atoms with E-state index in [1.807, 2.05) is 39.8 Å². The number of anilines is 1. The van der Waals surface area contributed by atoms with Crippen LogP contribution < -0.4 is 10.1 Å². The Morgan fingerprint density at radius 2 is 1.91 bits per heavy atom. The van der Waals surface area contributed by atoms with Crippen LogP contribution >= 0.6 is 11.8 Å². The lowest BCUT2D eigenvalue weighted by Gasteiger charge is -2.18. The minimum atomic E-state index is -0.645. The van der Waals surface area contributed by atoms with Crippen molar-refractivity contribution in [1.29, 1.82) is 0 Å². The Hall–Kier alpha value is -3.40. The van der Waals surface area contributed by atoms with Gasteiger partial charge in [-0.1, -0.05) is 31.7 Å². The van der Waals surface area contributed by atoms with Gasteiger partial charge < -0.3 is 10.1 Å². The van der Waals surface area contributed by atoms with Gasteiger partial charge in [0.1, 0.15) is 11.0 Å². The van der Waals surface area contributed by atoms with Crippen LogP contribution in [0.5, 0.6) is 5.75 Å². The predicted molar refractivity (Wildman–Crippen MR) is 134 cm³/mol. The van der Waals surface area contributed by atoms with Crippen LogP contribution in [-0.2, 0) is 9.59 Å². The summed E-state index contributed by atoms with van der Waals surface area (Å²) in [5, 5.41) is 13.7. The fraction of sp³-hybridized carbons (Fsp3) is 0.375. The number of aliphatic imine (C=N–C) groups is 1. The summed E-state index contributed by atoms with van der Waals surface area (Å²) < 4.78 is 5.20. The molecule has 1 N–H and O–H groups in total. The minimum Gasteiger partial charge on any atom is -0.495 e. The van der Waals surface area contributed by atoms with E-state index in [0.29, 0.717) is 17.5 Å². The van der Waals surface area contributed by atoms with Gasteiger partial charge in [-0.25, -0.2) is 4.99 Å². The van der Waals surface area contributed by atoms with Gasteiger partial charge in [0, 0.05) is 25.1 Å². The number of carbonyl (C=O) groups is 2. The molecule has 1 saturated heterocycles. The normalized spacial score (nSPS) is 16.9. The van der Waals surface area contributed by atoms with E-state index in [2.05, 4.69) is 11.4 Å². The average Bonchev–Trinajstić information content (AvgIpc) is 3.01. The maximum atomic E-state index is 13.2. The van der Waals surface area contributed by atoms with E-state index in [0.717, 1.165) is 16.8 Å². The van der Waals surface area contributed by atoms with Crippen LogP contribution in [0.25, 0.3) is 0 Å². The Morgan fingerprint density at radius 1 is 1.24 bits per heavy atom. The molecule has 0 radical (unpaired) electrons. The second kappa shape index (κ2) is 10.7. The number of rotatable bonds is 8. The molecule has 9 nitrogen and oxygen atoms in total. The second-order valence-electron chi connectivity index (χ2n) is 8.58. The molecular formula is C24H28N4O5S. The van der Waals surface area contributed by atoms with Gasteiger partial charge in [0.25, 0.3) is 5.69 Å². The fourth-order valence-corrected chi connectivity index (χ4v) is 4.83. The molecule has 1 aliphatic rings. The maximum absolute atomic E-state index is 13.2. The lowest BCUT2D eigenvalue weighted by Crippen LogP contribution is -2.36. The Labute approximate surface area is 202 Å². The number of hydrogen-bond donors (Lipinski definition) is 1. The van der Waals surface area contributed by atoms with Gasteiger partial charge in [0.15, 0.2) is 5.17 Å². The third-order valence-corrected chi connectivity index (χ3v) is 6.21. The lowest BCUT2D eigenvalue weighted by atomic mass is 10.1.